The summed E-state index contributed by atoms with van der Waals surface area (Å²) in [6.45, 7) is 6.65. The van der Waals surface area contributed by atoms with E-state index >= 15 is 0 Å². The van der Waals surface area contributed by atoms with Crippen LogP contribution in [0.1, 0.15) is 40.0 Å². The maximum Gasteiger partial charge on any atom is 0.245 e. The van der Waals surface area contributed by atoms with Crippen molar-refractivity contribution in [2.45, 2.75) is 52.1 Å². The van der Waals surface area contributed by atoms with Crippen LogP contribution in [0.25, 0.3) is 0 Å². The smallest absolute Gasteiger partial charge is 0.245 e. The summed E-state index contributed by atoms with van der Waals surface area (Å²) in [5.74, 6) is 1.36. The van der Waals surface area contributed by atoms with Crippen LogP contribution in [-0.2, 0) is 9.59 Å². The number of nitrogens with zero attached hydrogens (tertiary/aromatic N) is 1. The number of amides is 2. The number of rotatable bonds is 4. The van der Waals surface area contributed by atoms with Crippen molar-refractivity contribution in [3.8, 4) is 0 Å². The molecule has 4 heteroatoms. The highest BCUT2D eigenvalue weighted by Crippen LogP contribution is 2.37. The lowest BCUT2D eigenvalue weighted by molar-refractivity contribution is -0.149. The van der Waals surface area contributed by atoms with E-state index in [0.717, 1.165) is 12.5 Å². The maximum atomic E-state index is 12.1. The number of carbonyl (C=O) groups is 2. The van der Waals surface area contributed by atoms with Crippen molar-refractivity contribution in [2.75, 3.05) is 6.54 Å². The fourth-order valence-electron chi connectivity index (χ4n) is 2.66. The number of nitrogens with one attached hydrogen (secondary N) is 1. The summed E-state index contributed by atoms with van der Waals surface area (Å²) >= 11 is 0. The zero-order valence-corrected chi connectivity index (χ0v) is 10.9. The summed E-state index contributed by atoms with van der Waals surface area (Å²) in [7, 11) is 0. The van der Waals surface area contributed by atoms with Gasteiger partial charge < -0.3 is 10.2 Å². The van der Waals surface area contributed by atoms with E-state index in [-0.39, 0.29) is 23.9 Å². The summed E-state index contributed by atoms with van der Waals surface area (Å²) in [4.78, 5) is 25.8. The normalized spacial score (nSPS) is 31.4. The standard InChI is InChI=1S/C13H22N2O2/c1-4-11-12(16)14-9(3)13(17)15(11)7-8(2)10-5-6-10/h8-11H,4-7H2,1-3H3,(H,14,16). The van der Waals surface area contributed by atoms with Gasteiger partial charge in [-0.25, -0.2) is 0 Å². The van der Waals surface area contributed by atoms with Crippen molar-refractivity contribution in [2.24, 2.45) is 11.8 Å². The molecule has 0 bridgehead atoms. The molecule has 96 valence electrons. The molecule has 2 fully saturated rings. The molecule has 0 aromatic carbocycles. The Balaban J connectivity index is 2.07. The lowest BCUT2D eigenvalue weighted by Crippen LogP contribution is -2.62. The van der Waals surface area contributed by atoms with E-state index in [1.165, 1.54) is 12.8 Å². The summed E-state index contributed by atoms with van der Waals surface area (Å²) in [5.41, 5.74) is 0. The molecule has 3 unspecified atom stereocenters. The quantitative estimate of drug-likeness (QED) is 0.799. The first-order valence-electron chi connectivity index (χ1n) is 6.65. The van der Waals surface area contributed by atoms with Gasteiger partial charge in [0.1, 0.15) is 12.1 Å². The third-order valence-corrected chi connectivity index (χ3v) is 3.99. The minimum Gasteiger partial charge on any atom is -0.343 e. The van der Waals surface area contributed by atoms with E-state index in [0.29, 0.717) is 12.3 Å². The second kappa shape index (κ2) is 4.67. The van der Waals surface area contributed by atoms with E-state index in [2.05, 4.69) is 12.2 Å². The summed E-state index contributed by atoms with van der Waals surface area (Å²) in [6, 6.07) is -0.628. The Kier molecular flexibility index (Phi) is 3.40. The van der Waals surface area contributed by atoms with Gasteiger partial charge in [-0.3, -0.25) is 9.59 Å². The van der Waals surface area contributed by atoms with Crippen LogP contribution < -0.4 is 5.32 Å². The number of hydrogen-bond donors (Lipinski definition) is 1. The molecule has 2 rings (SSSR count). The van der Waals surface area contributed by atoms with Crippen LogP contribution in [0.2, 0.25) is 0 Å². The first-order valence-corrected chi connectivity index (χ1v) is 6.65. The summed E-state index contributed by atoms with van der Waals surface area (Å²) in [5, 5.41) is 2.75. The average molecular weight is 238 g/mol. The van der Waals surface area contributed by atoms with Gasteiger partial charge in [0.05, 0.1) is 0 Å². The molecule has 1 aliphatic carbocycles. The molecule has 17 heavy (non-hydrogen) atoms. The van der Waals surface area contributed by atoms with E-state index in [9.17, 15) is 9.59 Å². The van der Waals surface area contributed by atoms with Gasteiger partial charge in [-0.1, -0.05) is 13.8 Å². The molecule has 0 aromatic heterocycles. The summed E-state index contributed by atoms with van der Waals surface area (Å²) < 4.78 is 0. The molecule has 2 amide bonds. The van der Waals surface area contributed by atoms with Crippen molar-refractivity contribution in [1.29, 1.82) is 0 Å². The molecule has 2 aliphatic rings. The zero-order valence-electron chi connectivity index (χ0n) is 10.9. The Morgan fingerprint density at radius 1 is 1.41 bits per heavy atom. The molecule has 1 N–H and O–H groups in total. The highest BCUT2D eigenvalue weighted by atomic mass is 16.2. The maximum absolute atomic E-state index is 12.1. The largest absolute Gasteiger partial charge is 0.343 e. The molecule has 1 saturated carbocycles. The van der Waals surface area contributed by atoms with E-state index < -0.39 is 0 Å². The second-order valence-corrected chi connectivity index (χ2v) is 5.46. The minimum atomic E-state index is -0.364. The molecule has 1 saturated heterocycles. The Hall–Kier alpha value is -1.06. The molecular weight excluding hydrogens is 216 g/mol. The fourth-order valence-corrected chi connectivity index (χ4v) is 2.66. The van der Waals surface area contributed by atoms with Gasteiger partial charge in [0.25, 0.3) is 0 Å². The third kappa shape index (κ3) is 2.45. The van der Waals surface area contributed by atoms with Gasteiger partial charge in [0.15, 0.2) is 0 Å². The van der Waals surface area contributed by atoms with Gasteiger partial charge in [-0.15, -0.1) is 0 Å². The topological polar surface area (TPSA) is 49.4 Å². The Labute approximate surface area is 103 Å². The molecule has 0 spiro atoms. The predicted molar refractivity (Wildman–Crippen MR) is 65.3 cm³/mol. The van der Waals surface area contributed by atoms with E-state index in [1.54, 1.807) is 11.8 Å². The van der Waals surface area contributed by atoms with Gasteiger partial charge >= 0.3 is 0 Å². The van der Waals surface area contributed by atoms with Crippen LogP contribution in [0.5, 0.6) is 0 Å². The predicted octanol–water partition coefficient (Wildman–Crippen LogP) is 1.16. The highest BCUT2D eigenvalue weighted by Gasteiger charge is 2.39. The molecule has 1 heterocycles. The van der Waals surface area contributed by atoms with Gasteiger partial charge in [0, 0.05) is 6.54 Å². The molecule has 0 aromatic rings. The Bertz CT molecular complexity index is 325. The van der Waals surface area contributed by atoms with Gasteiger partial charge in [0.2, 0.25) is 11.8 Å². The van der Waals surface area contributed by atoms with E-state index in [1.807, 2.05) is 6.92 Å². The van der Waals surface area contributed by atoms with Crippen LogP contribution in [0.4, 0.5) is 0 Å². The van der Waals surface area contributed by atoms with Gasteiger partial charge in [-0.2, -0.15) is 0 Å². The van der Waals surface area contributed by atoms with Gasteiger partial charge in [-0.05, 0) is 38.0 Å². The van der Waals surface area contributed by atoms with E-state index in [4.69, 9.17) is 0 Å². The highest BCUT2D eigenvalue weighted by molar-refractivity contribution is 5.96. The van der Waals surface area contributed by atoms with Crippen LogP contribution in [0.3, 0.4) is 0 Å². The van der Waals surface area contributed by atoms with Crippen molar-refractivity contribution < 1.29 is 9.59 Å². The van der Waals surface area contributed by atoms with Crippen LogP contribution in [-0.4, -0.2) is 35.3 Å². The van der Waals surface area contributed by atoms with Crippen molar-refractivity contribution >= 4 is 11.8 Å². The summed E-state index contributed by atoms with van der Waals surface area (Å²) in [6.07, 6.45) is 3.26. The Morgan fingerprint density at radius 2 is 2.06 bits per heavy atom. The molecular formula is C13H22N2O2. The first-order chi connectivity index (χ1) is 8.04. The zero-order chi connectivity index (χ0) is 12.6. The molecule has 1 aliphatic heterocycles. The van der Waals surface area contributed by atoms with Crippen LogP contribution in [0.15, 0.2) is 0 Å². The fraction of sp³-hybridized carbons (Fsp3) is 0.846. The van der Waals surface area contributed by atoms with Crippen LogP contribution >= 0.6 is 0 Å². The number of piperazine rings is 1. The first kappa shape index (κ1) is 12.4. The SMILES string of the molecule is CCC1C(=O)NC(C)C(=O)N1CC(C)C1CC1. The number of hydrogen-bond acceptors (Lipinski definition) is 2. The van der Waals surface area contributed by atoms with Crippen LogP contribution in [0, 0.1) is 11.8 Å². The van der Waals surface area contributed by atoms with Crippen molar-refractivity contribution in [3.05, 3.63) is 0 Å². The molecule has 4 nitrogen and oxygen atoms in total. The lowest BCUT2D eigenvalue weighted by Gasteiger charge is -2.39. The monoisotopic (exact) mass is 238 g/mol. The van der Waals surface area contributed by atoms with Crippen molar-refractivity contribution in [1.82, 2.24) is 10.2 Å². The number of carbonyl (C=O) groups excluding carboxylic acids is 2. The Morgan fingerprint density at radius 3 is 2.59 bits per heavy atom. The third-order valence-electron chi connectivity index (χ3n) is 3.99. The molecule has 0 radical (unpaired) electrons. The lowest BCUT2D eigenvalue weighted by atomic mass is 10.0. The van der Waals surface area contributed by atoms with Crippen molar-refractivity contribution in [3.63, 3.8) is 0 Å². The average Bonchev–Trinajstić information content (AvgIpc) is 3.09. The molecule has 3 atom stereocenters. The second-order valence-electron chi connectivity index (χ2n) is 5.46. The minimum absolute atomic E-state index is 0.00240.